The number of aromatic nitrogens is 3. The normalized spacial score (nSPS) is 17.0. The summed E-state index contributed by atoms with van der Waals surface area (Å²) in [5, 5.41) is 14.0. The van der Waals surface area contributed by atoms with Crippen molar-refractivity contribution in [3.05, 3.63) is 40.9 Å². The second kappa shape index (κ2) is 4.99. The lowest BCUT2D eigenvalue weighted by Crippen LogP contribution is -2.23. The maximum Gasteiger partial charge on any atom is 0.421 e. The van der Waals surface area contributed by atoms with Crippen LogP contribution in [0, 0.1) is 0 Å². The van der Waals surface area contributed by atoms with Crippen molar-refractivity contribution in [1.29, 1.82) is 0 Å². The number of alkyl halides is 3. The Hall–Kier alpha value is -1.60. The first-order chi connectivity index (χ1) is 9.86. The lowest BCUT2D eigenvalue weighted by molar-refractivity contribution is -0.209. The van der Waals surface area contributed by atoms with Gasteiger partial charge in [-0.25, -0.2) is 9.67 Å². The van der Waals surface area contributed by atoms with Crippen LogP contribution < -0.4 is 0 Å². The molecule has 0 radical (unpaired) electrons. The van der Waals surface area contributed by atoms with E-state index < -0.39 is 18.1 Å². The number of benzene rings is 1. The third-order valence-corrected chi connectivity index (χ3v) is 3.43. The van der Waals surface area contributed by atoms with Crippen molar-refractivity contribution in [3.8, 4) is 5.69 Å². The van der Waals surface area contributed by atoms with Gasteiger partial charge in [0.1, 0.15) is 0 Å². The summed E-state index contributed by atoms with van der Waals surface area (Å²) in [5.41, 5.74) is 0.334. The van der Waals surface area contributed by atoms with Gasteiger partial charge in [0.25, 0.3) is 0 Å². The molecule has 3 rings (SSSR count). The van der Waals surface area contributed by atoms with Gasteiger partial charge in [-0.3, -0.25) is 0 Å². The van der Waals surface area contributed by atoms with Gasteiger partial charge in [0.15, 0.2) is 11.6 Å². The minimum Gasteiger partial charge on any atom is -0.377 e. The lowest BCUT2D eigenvalue weighted by Gasteiger charge is -2.14. The molecule has 1 atom stereocenters. The number of hydrogen-bond acceptors (Lipinski definition) is 3. The highest BCUT2D eigenvalue weighted by Crippen LogP contribution is 2.40. The van der Waals surface area contributed by atoms with Gasteiger partial charge in [-0.05, 0) is 31.0 Å². The Bertz CT molecular complexity index is 667. The predicted molar refractivity (Wildman–Crippen MR) is 69.4 cm³/mol. The Morgan fingerprint density at radius 2 is 2.05 bits per heavy atom. The fourth-order valence-electron chi connectivity index (χ4n) is 1.98. The maximum absolute atomic E-state index is 12.8. The van der Waals surface area contributed by atoms with Gasteiger partial charge in [-0.2, -0.15) is 18.3 Å². The van der Waals surface area contributed by atoms with Crippen LogP contribution in [-0.2, 0) is 0 Å². The van der Waals surface area contributed by atoms with Crippen LogP contribution in [0.4, 0.5) is 13.2 Å². The first-order valence-corrected chi connectivity index (χ1v) is 6.71. The molecule has 0 amide bonds. The van der Waals surface area contributed by atoms with E-state index in [2.05, 4.69) is 10.1 Å². The lowest BCUT2D eigenvalue weighted by atomic mass is 10.3. The quantitative estimate of drug-likeness (QED) is 0.944. The summed E-state index contributed by atoms with van der Waals surface area (Å²) < 4.78 is 39.3. The molecular formula is C13H11ClF3N3O. The van der Waals surface area contributed by atoms with Crippen LogP contribution in [0.1, 0.15) is 36.5 Å². The zero-order chi connectivity index (χ0) is 15.2. The molecule has 1 heterocycles. The van der Waals surface area contributed by atoms with Crippen molar-refractivity contribution in [2.75, 3.05) is 0 Å². The van der Waals surface area contributed by atoms with Gasteiger partial charge in [0.05, 0.1) is 5.69 Å². The minimum atomic E-state index is -4.80. The number of aliphatic hydroxyl groups excluding tert-OH is 1. The van der Waals surface area contributed by atoms with E-state index in [1.165, 1.54) is 6.07 Å². The molecule has 0 spiro atoms. The van der Waals surface area contributed by atoms with Gasteiger partial charge in [-0.15, -0.1) is 0 Å². The molecule has 112 valence electrons. The molecule has 2 aromatic rings. The van der Waals surface area contributed by atoms with Crippen LogP contribution in [0.3, 0.4) is 0 Å². The fraction of sp³-hybridized carbons (Fsp3) is 0.385. The Kier molecular flexibility index (Phi) is 3.41. The maximum atomic E-state index is 12.8. The van der Waals surface area contributed by atoms with E-state index in [0.717, 1.165) is 17.5 Å². The molecule has 1 saturated carbocycles. The van der Waals surface area contributed by atoms with Crippen LogP contribution in [0.2, 0.25) is 5.02 Å². The summed E-state index contributed by atoms with van der Waals surface area (Å²) in [7, 11) is 0. The zero-order valence-corrected chi connectivity index (χ0v) is 11.4. The van der Waals surface area contributed by atoms with Crippen molar-refractivity contribution in [2.24, 2.45) is 0 Å². The molecule has 1 unspecified atom stereocenters. The van der Waals surface area contributed by atoms with Gasteiger partial charge in [-0.1, -0.05) is 17.7 Å². The van der Waals surface area contributed by atoms with Crippen LogP contribution in [0.5, 0.6) is 0 Å². The number of halogens is 4. The van der Waals surface area contributed by atoms with E-state index in [0.29, 0.717) is 16.5 Å². The molecule has 8 heteroatoms. The summed E-state index contributed by atoms with van der Waals surface area (Å²) >= 11 is 5.85. The molecule has 0 aliphatic heterocycles. The van der Waals surface area contributed by atoms with Crippen molar-refractivity contribution in [2.45, 2.75) is 31.0 Å². The first-order valence-electron chi connectivity index (χ1n) is 6.34. The van der Waals surface area contributed by atoms with Crippen molar-refractivity contribution in [3.63, 3.8) is 0 Å². The summed E-state index contributed by atoms with van der Waals surface area (Å²) in [6, 6.07) is 6.23. The molecule has 1 aromatic carbocycles. The second-order valence-corrected chi connectivity index (χ2v) is 5.37. The van der Waals surface area contributed by atoms with E-state index in [1.54, 1.807) is 18.2 Å². The smallest absolute Gasteiger partial charge is 0.377 e. The SMILES string of the molecule is OC(c1nc(C2CC2)nn1-c1cccc(Cl)c1)C(F)(F)F. The first kappa shape index (κ1) is 14.3. The topological polar surface area (TPSA) is 50.9 Å². The molecule has 1 fully saturated rings. The third kappa shape index (κ3) is 2.89. The predicted octanol–water partition coefficient (Wildman–Crippen LogP) is 3.39. The van der Waals surface area contributed by atoms with Gasteiger partial charge in [0.2, 0.25) is 6.10 Å². The highest BCUT2D eigenvalue weighted by atomic mass is 35.5. The van der Waals surface area contributed by atoms with E-state index >= 15 is 0 Å². The van der Waals surface area contributed by atoms with Crippen LogP contribution in [0.25, 0.3) is 5.69 Å². The van der Waals surface area contributed by atoms with Gasteiger partial charge in [0, 0.05) is 10.9 Å². The van der Waals surface area contributed by atoms with Crippen molar-refractivity contribution in [1.82, 2.24) is 14.8 Å². The van der Waals surface area contributed by atoms with Crippen LogP contribution in [-0.4, -0.2) is 26.0 Å². The highest BCUT2D eigenvalue weighted by molar-refractivity contribution is 6.30. The average Bonchev–Trinajstić information content (AvgIpc) is 3.16. The molecule has 0 saturated heterocycles. The molecule has 4 nitrogen and oxygen atoms in total. The number of aliphatic hydroxyl groups is 1. The van der Waals surface area contributed by atoms with Crippen molar-refractivity contribution < 1.29 is 18.3 Å². The monoisotopic (exact) mass is 317 g/mol. The van der Waals surface area contributed by atoms with E-state index in [4.69, 9.17) is 11.6 Å². The Balaban J connectivity index is 2.09. The summed E-state index contributed by atoms with van der Waals surface area (Å²) in [4.78, 5) is 3.88. The minimum absolute atomic E-state index is 0.0737. The van der Waals surface area contributed by atoms with E-state index in [-0.39, 0.29) is 5.92 Å². The number of nitrogens with zero attached hydrogens (tertiary/aromatic N) is 3. The molecule has 1 N–H and O–H groups in total. The van der Waals surface area contributed by atoms with E-state index in [1.807, 2.05) is 0 Å². The third-order valence-electron chi connectivity index (χ3n) is 3.20. The Morgan fingerprint density at radius 3 is 2.62 bits per heavy atom. The molecule has 1 aliphatic carbocycles. The standard InChI is InChI=1S/C13H11ClF3N3O/c14-8-2-1-3-9(6-8)20-12(10(21)13(15,16)17)18-11(19-20)7-4-5-7/h1-3,6-7,10,21H,4-5H2. The molecule has 1 aliphatic rings. The number of rotatable bonds is 3. The van der Waals surface area contributed by atoms with E-state index in [9.17, 15) is 18.3 Å². The Labute approximate surface area is 123 Å². The molecule has 0 bridgehead atoms. The van der Waals surface area contributed by atoms with Crippen LogP contribution in [0.15, 0.2) is 24.3 Å². The van der Waals surface area contributed by atoms with Crippen LogP contribution >= 0.6 is 11.6 Å². The summed E-state index contributed by atoms with van der Waals surface area (Å²) in [5.74, 6) is -0.135. The van der Waals surface area contributed by atoms with Gasteiger partial charge < -0.3 is 5.11 Å². The van der Waals surface area contributed by atoms with Crippen molar-refractivity contribution >= 4 is 11.6 Å². The average molecular weight is 318 g/mol. The second-order valence-electron chi connectivity index (χ2n) is 4.94. The fourth-order valence-corrected chi connectivity index (χ4v) is 2.16. The van der Waals surface area contributed by atoms with Gasteiger partial charge >= 0.3 is 6.18 Å². The molecule has 1 aromatic heterocycles. The highest BCUT2D eigenvalue weighted by Gasteiger charge is 2.44. The summed E-state index contributed by atoms with van der Waals surface area (Å²) in [6.45, 7) is 0. The molecular weight excluding hydrogens is 307 g/mol. The largest absolute Gasteiger partial charge is 0.421 e. The summed E-state index contributed by atoms with van der Waals surface area (Å²) in [6.07, 6.45) is -5.79. The molecule has 21 heavy (non-hydrogen) atoms. The Morgan fingerprint density at radius 1 is 1.33 bits per heavy atom. The number of hydrogen-bond donors (Lipinski definition) is 1. The zero-order valence-electron chi connectivity index (χ0n) is 10.7.